The van der Waals surface area contributed by atoms with E-state index in [0.717, 1.165) is 0 Å². The summed E-state index contributed by atoms with van der Waals surface area (Å²) in [6.45, 7) is 14.9. The van der Waals surface area contributed by atoms with E-state index in [1.807, 2.05) is 0 Å². The Morgan fingerprint density at radius 1 is 0.474 bits per heavy atom. The van der Waals surface area contributed by atoms with Gasteiger partial charge in [-0.25, -0.2) is 0 Å². The largest absolute Gasteiger partial charge is 0.324 e. The molecule has 0 saturated carbocycles. The first-order chi connectivity index (χ1) is 9.24. The average molecular weight is 271 g/mol. The zero-order valence-electron chi connectivity index (χ0n) is 14.3. The Kier molecular flexibility index (Phi) is 12.9. The SMILES string of the molecule is CCCCCCCCC[N+](CC)(CC)CCCCC. The summed E-state index contributed by atoms with van der Waals surface area (Å²) in [7, 11) is 0. The highest BCUT2D eigenvalue weighted by Gasteiger charge is 2.21. The van der Waals surface area contributed by atoms with Gasteiger partial charge in [0.1, 0.15) is 0 Å². The van der Waals surface area contributed by atoms with Crippen LogP contribution >= 0.6 is 0 Å². The average Bonchev–Trinajstić information content (AvgIpc) is 2.45. The van der Waals surface area contributed by atoms with E-state index in [1.165, 1.54) is 94.9 Å². The second-order valence-electron chi connectivity index (χ2n) is 6.25. The molecule has 0 radical (unpaired) electrons. The molecule has 0 amide bonds. The Bertz CT molecular complexity index is 173. The van der Waals surface area contributed by atoms with E-state index in [-0.39, 0.29) is 0 Å². The van der Waals surface area contributed by atoms with E-state index < -0.39 is 0 Å². The predicted molar refractivity (Wildman–Crippen MR) is 88.6 cm³/mol. The number of hydrogen-bond donors (Lipinski definition) is 0. The maximum atomic E-state index is 2.39. The van der Waals surface area contributed by atoms with Gasteiger partial charge in [-0.05, 0) is 39.5 Å². The molecular weight excluding hydrogens is 230 g/mol. The van der Waals surface area contributed by atoms with Crippen LogP contribution < -0.4 is 0 Å². The first kappa shape index (κ1) is 19.0. The number of rotatable bonds is 14. The smallest absolute Gasteiger partial charge is 0.0786 e. The molecule has 1 heteroatoms. The van der Waals surface area contributed by atoms with Gasteiger partial charge < -0.3 is 4.48 Å². The van der Waals surface area contributed by atoms with Crippen LogP contribution in [-0.2, 0) is 0 Å². The Balaban J connectivity index is 3.74. The van der Waals surface area contributed by atoms with Gasteiger partial charge in [0.25, 0.3) is 0 Å². The normalized spacial score (nSPS) is 12.0. The number of hydrogen-bond acceptors (Lipinski definition) is 0. The summed E-state index contributed by atoms with van der Waals surface area (Å²) in [5.41, 5.74) is 0. The molecule has 0 N–H and O–H groups in total. The summed E-state index contributed by atoms with van der Waals surface area (Å²) < 4.78 is 1.37. The minimum Gasteiger partial charge on any atom is -0.324 e. The quantitative estimate of drug-likeness (QED) is 0.277. The van der Waals surface area contributed by atoms with Gasteiger partial charge in [-0.1, -0.05) is 52.4 Å². The van der Waals surface area contributed by atoms with E-state index in [1.54, 1.807) is 0 Å². The maximum absolute atomic E-state index is 2.39. The molecule has 0 saturated heterocycles. The third-order valence-corrected chi connectivity index (χ3v) is 4.81. The predicted octanol–water partition coefficient (Wildman–Crippen LogP) is 5.78. The van der Waals surface area contributed by atoms with Crippen LogP contribution in [-0.4, -0.2) is 30.7 Å². The van der Waals surface area contributed by atoms with Crippen LogP contribution in [0.1, 0.15) is 91.9 Å². The minimum absolute atomic E-state index is 1.33. The summed E-state index contributed by atoms with van der Waals surface area (Å²) in [4.78, 5) is 0. The molecule has 0 heterocycles. The Labute approximate surface area is 123 Å². The molecule has 0 aromatic rings. The van der Waals surface area contributed by atoms with Crippen LogP contribution in [0.4, 0.5) is 0 Å². The van der Waals surface area contributed by atoms with Gasteiger partial charge in [0.05, 0.1) is 26.2 Å². The van der Waals surface area contributed by atoms with Crippen LogP contribution in [0.3, 0.4) is 0 Å². The lowest BCUT2D eigenvalue weighted by molar-refractivity contribution is -0.925. The third-order valence-electron chi connectivity index (χ3n) is 4.81. The number of nitrogens with zero attached hydrogens (tertiary/aromatic N) is 1. The van der Waals surface area contributed by atoms with Gasteiger partial charge in [-0.15, -0.1) is 0 Å². The molecule has 19 heavy (non-hydrogen) atoms. The summed E-state index contributed by atoms with van der Waals surface area (Å²) >= 11 is 0. The number of quaternary nitrogens is 1. The summed E-state index contributed by atoms with van der Waals surface area (Å²) in [5, 5.41) is 0. The Hall–Kier alpha value is -0.0400. The topological polar surface area (TPSA) is 0 Å². The molecule has 0 unspecified atom stereocenters. The lowest BCUT2D eigenvalue weighted by atomic mass is 10.1. The molecular formula is C18H40N+. The van der Waals surface area contributed by atoms with Crippen molar-refractivity contribution in [2.24, 2.45) is 0 Å². The number of unbranched alkanes of at least 4 members (excludes halogenated alkanes) is 8. The Morgan fingerprint density at radius 3 is 1.32 bits per heavy atom. The van der Waals surface area contributed by atoms with Gasteiger partial charge in [-0.2, -0.15) is 0 Å². The zero-order chi connectivity index (χ0) is 14.4. The highest BCUT2D eigenvalue weighted by Crippen LogP contribution is 2.14. The van der Waals surface area contributed by atoms with E-state index in [4.69, 9.17) is 0 Å². The molecule has 0 fully saturated rings. The molecule has 0 aliphatic carbocycles. The standard InChI is InChI=1S/C18H40N/c1-5-9-11-12-13-14-16-18-19(7-3,8-4)17-15-10-6-2/h5-18H2,1-4H3/q+1. The van der Waals surface area contributed by atoms with Crippen molar-refractivity contribution in [3.05, 3.63) is 0 Å². The molecule has 1 nitrogen and oxygen atoms in total. The van der Waals surface area contributed by atoms with Crippen molar-refractivity contribution in [2.45, 2.75) is 91.9 Å². The van der Waals surface area contributed by atoms with Crippen molar-refractivity contribution in [2.75, 3.05) is 26.2 Å². The first-order valence-corrected chi connectivity index (χ1v) is 9.09. The fourth-order valence-electron chi connectivity index (χ4n) is 3.07. The lowest BCUT2D eigenvalue weighted by Gasteiger charge is -2.37. The fraction of sp³-hybridized carbons (Fsp3) is 1.00. The molecule has 0 spiro atoms. The summed E-state index contributed by atoms with van der Waals surface area (Å²) in [6, 6.07) is 0. The van der Waals surface area contributed by atoms with Gasteiger partial charge in [0, 0.05) is 0 Å². The first-order valence-electron chi connectivity index (χ1n) is 9.09. The van der Waals surface area contributed by atoms with Crippen molar-refractivity contribution >= 4 is 0 Å². The molecule has 0 aliphatic heterocycles. The highest BCUT2D eigenvalue weighted by molar-refractivity contribution is 4.48. The third kappa shape index (κ3) is 9.49. The van der Waals surface area contributed by atoms with Crippen LogP contribution in [0.25, 0.3) is 0 Å². The molecule has 0 rings (SSSR count). The van der Waals surface area contributed by atoms with Gasteiger partial charge in [0.2, 0.25) is 0 Å². The van der Waals surface area contributed by atoms with Crippen molar-refractivity contribution in [3.8, 4) is 0 Å². The van der Waals surface area contributed by atoms with Crippen molar-refractivity contribution in [3.63, 3.8) is 0 Å². The summed E-state index contributed by atoms with van der Waals surface area (Å²) in [5.74, 6) is 0. The minimum atomic E-state index is 1.33. The maximum Gasteiger partial charge on any atom is 0.0786 e. The van der Waals surface area contributed by atoms with Crippen LogP contribution in [0.2, 0.25) is 0 Å². The monoisotopic (exact) mass is 270 g/mol. The van der Waals surface area contributed by atoms with E-state index in [0.29, 0.717) is 0 Å². The molecule has 0 aromatic carbocycles. The fourth-order valence-corrected chi connectivity index (χ4v) is 3.07. The van der Waals surface area contributed by atoms with Crippen molar-refractivity contribution in [1.82, 2.24) is 0 Å². The van der Waals surface area contributed by atoms with Gasteiger partial charge in [-0.3, -0.25) is 0 Å². The van der Waals surface area contributed by atoms with Gasteiger partial charge >= 0.3 is 0 Å². The van der Waals surface area contributed by atoms with Crippen molar-refractivity contribution in [1.29, 1.82) is 0 Å². The van der Waals surface area contributed by atoms with Crippen LogP contribution in [0.15, 0.2) is 0 Å². The second-order valence-corrected chi connectivity index (χ2v) is 6.25. The zero-order valence-corrected chi connectivity index (χ0v) is 14.3. The molecule has 0 atom stereocenters. The van der Waals surface area contributed by atoms with Crippen molar-refractivity contribution < 1.29 is 4.48 Å². The van der Waals surface area contributed by atoms with Crippen LogP contribution in [0, 0.1) is 0 Å². The van der Waals surface area contributed by atoms with E-state index >= 15 is 0 Å². The van der Waals surface area contributed by atoms with E-state index in [9.17, 15) is 0 Å². The highest BCUT2D eigenvalue weighted by atomic mass is 15.3. The molecule has 0 bridgehead atoms. The molecule has 116 valence electrons. The molecule has 0 aromatic heterocycles. The van der Waals surface area contributed by atoms with E-state index in [2.05, 4.69) is 27.7 Å². The molecule has 0 aliphatic rings. The second kappa shape index (κ2) is 13.0. The summed E-state index contributed by atoms with van der Waals surface area (Å²) in [6.07, 6.45) is 14.3. The lowest BCUT2D eigenvalue weighted by Crippen LogP contribution is -2.49. The Morgan fingerprint density at radius 2 is 0.842 bits per heavy atom. The van der Waals surface area contributed by atoms with Crippen LogP contribution in [0.5, 0.6) is 0 Å². The van der Waals surface area contributed by atoms with Gasteiger partial charge in [0.15, 0.2) is 0 Å².